The van der Waals surface area contributed by atoms with Crippen LogP contribution in [0.5, 0.6) is 0 Å². The lowest BCUT2D eigenvalue weighted by molar-refractivity contribution is -0.127. The van der Waals surface area contributed by atoms with Gasteiger partial charge in [0, 0.05) is 13.0 Å². The Kier molecular flexibility index (Phi) is 8.00. The highest BCUT2D eigenvalue weighted by molar-refractivity contribution is 5.86. The number of nitrogens with zero attached hydrogens (tertiary/aromatic N) is 1. The van der Waals surface area contributed by atoms with Gasteiger partial charge in [-0.2, -0.15) is 0 Å². The van der Waals surface area contributed by atoms with Gasteiger partial charge in [0.2, 0.25) is 5.91 Å². The standard InChI is InChI=1S/C17H24N4O.2ClH/c18-17(10-4-1-5-11-17)16(22)19-12-6-9-15-20-13-7-2-3-8-14(13)21-15;;/h2-3,7-8H,1,4-6,9-12,18H2,(H,19,22)(H,20,21);2*1H. The third-order valence-electron chi connectivity index (χ3n) is 4.51. The second kappa shape index (κ2) is 9.25. The second-order valence-electron chi connectivity index (χ2n) is 6.28. The summed E-state index contributed by atoms with van der Waals surface area (Å²) in [6.45, 7) is 0.648. The summed E-state index contributed by atoms with van der Waals surface area (Å²) in [5.41, 5.74) is 7.63. The minimum absolute atomic E-state index is 0. The minimum Gasteiger partial charge on any atom is -0.354 e. The molecule has 1 fully saturated rings. The van der Waals surface area contributed by atoms with Crippen LogP contribution in [0.25, 0.3) is 11.0 Å². The summed E-state index contributed by atoms with van der Waals surface area (Å²) in [6, 6.07) is 8.00. The Hall–Kier alpha value is -1.30. The van der Waals surface area contributed by atoms with Crippen molar-refractivity contribution in [3.8, 4) is 0 Å². The summed E-state index contributed by atoms with van der Waals surface area (Å²) in [4.78, 5) is 20.1. The molecule has 1 aromatic carbocycles. The molecule has 1 amide bonds. The first-order valence-corrected chi connectivity index (χ1v) is 8.18. The van der Waals surface area contributed by atoms with Crippen molar-refractivity contribution in [2.45, 2.75) is 50.5 Å². The topological polar surface area (TPSA) is 83.8 Å². The van der Waals surface area contributed by atoms with E-state index in [1.165, 1.54) is 6.42 Å². The van der Waals surface area contributed by atoms with Crippen LogP contribution in [0.15, 0.2) is 24.3 Å². The fourth-order valence-corrected chi connectivity index (χ4v) is 3.17. The van der Waals surface area contributed by atoms with Crippen LogP contribution in [-0.4, -0.2) is 28.0 Å². The van der Waals surface area contributed by atoms with Crippen LogP contribution in [0.1, 0.15) is 44.3 Å². The Bertz CT molecular complexity index is 620. The van der Waals surface area contributed by atoms with Crippen molar-refractivity contribution in [3.05, 3.63) is 30.1 Å². The van der Waals surface area contributed by atoms with E-state index < -0.39 is 5.54 Å². The molecule has 134 valence electrons. The van der Waals surface area contributed by atoms with Gasteiger partial charge in [-0.25, -0.2) is 4.98 Å². The molecule has 0 aliphatic heterocycles. The number of fused-ring (bicyclic) bond motifs is 1. The van der Waals surface area contributed by atoms with Crippen molar-refractivity contribution in [3.63, 3.8) is 0 Å². The first-order valence-electron chi connectivity index (χ1n) is 8.18. The van der Waals surface area contributed by atoms with Crippen LogP contribution >= 0.6 is 24.8 Å². The number of aromatic nitrogens is 2. The second-order valence-corrected chi connectivity index (χ2v) is 6.28. The molecule has 1 heterocycles. The molecule has 0 radical (unpaired) electrons. The molecular weight excluding hydrogens is 347 g/mol. The molecule has 5 nitrogen and oxygen atoms in total. The molecule has 0 spiro atoms. The Morgan fingerprint density at radius 3 is 2.62 bits per heavy atom. The summed E-state index contributed by atoms with van der Waals surface area (Å²) in [5, 5.41) is 2.99. The van der Waals surface area contributed by atoms with E-state index in [4.69, 9.17) is 5.73 Å². The molecule has 24 heavy (non-hydrogen) atoms. The highest BCUT2D eigenvalue weighted by Gasteiger charge is 2.34. The number of amides is 1. The van der Waals surface area contributed by atoms with E-state index in [-0.39, 0.29) is 30.7 Å². The maximum absolute atomic E-state index is 12.2. The number of aryl methyl sites for hydroxylation is 1. The van der Waals surface area contributed by atoms with Crippen LogP contribution in [0.2, 0.25) is 0 Å². The zero-order valence-corrected chi connectivity index (χ0v) is 15.3. The van der Waals surface area contributed by atoms with E-state index >= 15 is 0 Å². The summed E-state index contributed by atoms with van der Waals surface area (Å²) >= 11 is 0. The van der Waals surface area contributed by atoms with Gasteiger partial charge in [0.25, 0.3) is 0 Å². The number of rotatable bonds is 5. The third-order valence-corrected chi connectivity index (χ3v) is 4.51. The summed E-state index contributed by atoms with van der Waals surface area (Å²) in [6.07, 6.45) is 6.61. The highest BCUT2D eigenvalue weighted by Crippen LogP contribution is 2.25. The molecule has 1 saturated carbocycles. The van der Waals surface area contributed by atoms with Crippen LogP contribution in [0, 0.1) is 0 Å². The monoisotopic (exact) mass is 372 g/mol. The number of carbonyl (C=O) groups excluding carboxylic acids is 1. The number of aromatic amines is 1. The minimum atomic E-state index is -0.641. The van der Waals surface area contributed by atoms with E-state index in [1.807, 2.05) is 24.3 Å². The Labute approximate surface area is 155 Å². The fourth-order valence-electron chi connectivity index (χ4n) is 3.17. The maximum Gasteiger partial charge on any atom is 0.240 e. The molecule has 7 heteroatoms. The zero-order chi connectivity index (χ0) is 15.4. The molecule has 0 atom stereocenters. The number of H-pyrrole nitrogens is 1. The van der Waals surface area contributed by atoms with E-state index in [9.17, 15) is 4.79 Å². The smallest absolute Gasteiger partial charge is 0.240 e. The number of carbonyl (C=O) groups is 1. The Balaban J connectivity index is 0.00000144. The number of imidazole rings is 1. The van der Waals surface area contributed by atoms with Crippen molar-refractivity contribution in [1.29, 1.82) is 0 Å². The Morgan fingerprint density at radius 2 is 1.92 bits per heavy atom. The van der Waals surface area contributed by atoms with Crippen LogP contribution in [0.4, 0.5) is 0 Å². The average molecular weight is 373 g/mol. The molecule has 3 rings (SSSR count). The molecule has 1 aliphatic carbocycles. The maximum atomic E-state index is 12.2. The molecule has 0 saturated heterocycles. The van der Waals surface area contributed by atoms with Gasteiger partial charge in [-0.1, -0.05) is 31.4 Å². The van der Waals surface area contributed by atoms with E-state index in [0.717, 1.165) is 55.4 Å². The van der Waals surface area contributed by atoms with Crippen molar-refractivity contribution < 1.29 is 4.79 Å². The molecule has 1 aliphatic rings. The lowest BCUT2D eigenvalue weighted by Gasteiger charge is -2.31. The summed E-state index contributed by atoms with van der Waals surface area (Å²) in [7, 11) is 0. The van der Waals surface area contributed by atoms with Gasteiger partial charge >= 0.3 is 0 Å². The lowest BCUT2D eigenvalue weighted by atomic mass is 9.82. The van der Waals surface area contributed by atoms with Gasteiger partial charge < -0.3 is 16.0 Å². The number of nitrogens with two attached hydrogens (primary N) is 1. The lowest BCUT2D eigenvalue weighted by Crippen LogP contribution is -2.55. The summed E-state index contributed by atoms with van der Waals surface area (Å²) < 4.78 is 0. The number of benzene rings is 1. The van der Waals surface area contributed by atoms with E-state index in [1.54, 1.807) is 0 Å². The summed E-state index contributed by atoms with van der Waals surface area (Å²) in [5.74, 6) is 0.979. The third kappa shape index (κ3) is 4.85. The molecule has 1 aromatic heterocycles. The van der Waals surface area contributed by atoms with Gasteiger partial charge in [0.05, 0.1) is 16.6 Å². The van der Waals surface area contributed by atoms with Crippen LogP contribution in [-0.2, 0) is 11.2 Å². The number of para-hydroxylation sites is 2. The van der Waals surface area contributed by atoms with Gasteiger partial charge in [-0.15, -0.1) is 24.8 Å². The number of halogens is 2. The van der Waals surface area contributed by atoms with Crippen molar-refractivity contribution in [2.75, 3.05) is 6.54 Å². The van der Waals surface area contributed by atoms with E-state index in [0.29, 0.717) is 6.54 Å². The predicted octanol–water partition coefficient (Wildman–Crippen LogP) is 3.12. The average Bonchev–Trinajstić information content (AvgIpc) is 2.95. The van der Waals surface area contributed by atoms with Crippen molar-refractivity contribution in [2.24, 2.45) is 5.73 Å². The van der Waals surface area contributed by atoms with Crippen LogP contribution < -0.4 is 11.1 Å². The van der Waals surface area contributed by atoms with Gasteiger partial charge in [0.1, 0.15) is 5.82 Å². The van der Waals surface area contributed by atoms with Gasteiger partial charge in [-0.05, 0) is 31.4 Å². The van der Waals surface area contributed by atoms with Crippen molar-refractivity contribution in [1.82, 2.24) is 15.3 Å². The fraction of sp³-hybridized carbons (Fsp3) is 0.529. The molecule has 0 unspecified atom stereocenters. The zero-order valence-electron chi connectivity index (χ0n) is 13.7. The van der Waals surface area contributed by atoms with Gasteiger partial charge in [-0.3, -0.25) is 4.79 Å². The highest BCUT2D eigenvalue weighted by atomic mass is 35.5. The number of hydrogen-bond acceptors (Lipinski definition) is 3. The predicted molar refractivity (Wildman–Crippen MR) is 102 cm³/mol. The van der Waals surface area contributed by atoms with Crippen molar-refractivity contribution >= 4 is 41.8 Å². The van der Waals surface area contributed by atoms with Crippen LogP contribution in [0.3, 0.4) is 0 Å². The Morgan fingerprint density at radius 1 is 1.21 bits per heavy atom. The largest absolute Gasteiger partial charge is 0.354 e. The molecule has 2 aromatic rings. The molecule has 4 N–H and O–H groups in total. The van der Waals surface area contributed by atoms with Gasteiger partial charge in [0.15, 0.2) is 0 Å². The molecule has 0 bridgehead atoms. The normalized spacial score (nSPS) is 16.0. The first-order chi connectivity index (χ1) is 10.7. The number of nitrogens with one attached hydrogen (secondary N) is 2. The molecular formula is C17H26Cl2N4O. The quantitative estimate of drug-likeness (QED) is 0.704. The SMILES string of the molecule is Cl.Cl.NC1(C(=O)NCCCc2nc3ccccc3[nH]2)CCCCC1. The number of hydrogen-bond donors (Lipinski definition) is 3. The first kappa shape index (κ1) is 20.7. The van der Waals surface area contributed by atoms with E-state index in [2.05, 4.69) is 15.3 Å².